The summed E-state index contributed by atoms with van der Waals surface area (Å²) in [6.07, 6.45) is 0. The molecule has 0 aromatic carbocycles. The van der Waals surface area contributed by atoms with Crippen molar-refractivity contribution in [3.63, 3.8) is 0 Å². The second-order valence-electron chi connectivity index (χ2n) is 3.61. The summed E-state index contributed by atoms with van der Waals surface area (Å²) in [7, 11) is -3.45. The van der Waals surface area contributed by atoms with Gasteiger partial charge in [-0.1, -0.05) is 6.92 Å². The molecule has 1 rings (SSSR count). The van der Waals surface area contributed by atoms with Crippen LogP contribution in [0, 0.1) is 0 Å². The minimum Gasteiger partial charge on any atom is -0.380 e. The average molecular weight is 292 g/mol. The fraction of sp³-hybridized carbons (Fsp3) is 0.636. The van der Waals surface area contributed by atoms with E-state index in [1.165, 1.54) is 15.6 Å². The van der Waals surface area contributed by atoms with E-state index in [9.17, 15) is 8.42 Å². The van der Waals surface area contributed by atoms with E-state index in [1.54, 1.807) is 11.4 Å². The van der Waals surface area contributed by atoms with Crippen LogP contribution >= 0.6 is 11.3 Å². The molecule has 0 atom stereocenters. The van der Waals surface area contributed by atoms with Crippen LogP contribution in [0.2, 0.25) is 0 Å². The average Bonchev–Trinajstić information content (AvgIpc) is 2.83. The van der Waals surface area contributed by atoms with Crippen LogP contribution in [0.25, 0.3) is 0 Å². The van der Waals surface area contributed by atoms with Gasteiger partial charge in [-0.15, -0.1) is 11.3 Å². The van der Waals surface area contributed by atoms with Gasteiger partial charge >= 0.3 is 0 Å². The summed E-state index contributed by atoms with van der Waals surface area (Å²) in [5, 5.41) is 1.76. The number of ether oxygens (including phenoxy) is 1. The Morgan fingerprint density at radius 3 is 2.72 bits per heavy atom. The molecule has 0 aliphatic rings. The number of hydrogen-bond acceptors (Lipinski definition) is 5. The van der Waals surface area contributed by atoms with Gasteiger partial charge in [0.1, 0.15) is 0 Å². The molecule has 0 saturated carbocycles. The SMILES string of the molecule is CCOCCN(CC)S(=O)(=O)c1ccsc1CN. The largest absolute Gasteiger partial charge is 0.380 e. The van der Waals surface area contributed by atoms with E-state index in [0.717, 1.165) is 0 Å². The lowest BCUT2D eigenvalue weighted by atomic mass is 10.5. The predicted molar refractivity (Wildman–Crippen MR) is 73.1 cm³/mol. The van der Waals surface area contributed by atoms with E-state index in [0.29, 0.717) is 36.1 Å². The summed E-state index contributed by atoms with van der Waals surface area (Å²) >= 11 is 1.37. The zero-order valence-corrected chi connectivity index (χ0v) is 12.4. The highest BCUT2D eigenvalue weighted by atomic mass is 32.2. The fourth-order valence-electron chi connectivity index (χ4n) is 1.61. The van der Waals surface area contributed by atoms with Crippen LogP contribution in [0.1, 0.15) is 18.7 Å². The Balaban J connectivity index is 2.89. The van der Waals surface area contributed by atoms with Crippen LogP contribution in [0.15, 0.2) is 16.3 Å². The number of rotatable bonds is 8. The summed E-state index contributed by atoms with van der Waals surface area (Å²) in [6, 6.07) is 1.62. The molecule has 0 unspecified atom stereocenters. The summed E-state index contributed by atoms with van der Waals surface area (Å²) < 4.78 is 31.5. The number of nitrogens with two attached hydrogens (primary N) is 1. The summed E-state index contributed by atoms with van der Waals surface area (Å²) in [4.78, 5) is 1.03. The molecule has 5 nitrogen and oxygen atoms in total. The zero-order valence-electron chi connectivity index (χ0n) is 10.8. The molecule has 18 heavy (non-hydrogen) atoms. The van der Waals surface area contributed by atoms with Gasteiger partial charge in [0, 0.05) is 31.1 Å². The second-order valence-corrected chi connectivity index (χ2v) is 6.51. The van der Waals surface area contributed by atoms with E-state index < -0.39 is 10.0 Å². The first-order valence-corrected chi connectivity index (χ1v) is 8.24. The highest BCUT2D eigenvalue weighted by Gasteiger charge is 2.25. The normalized spacial score (nSPS) is 12.2. The number of hydrogen-bond donors (Lipinski definition) is 1. The molecule has 0 bridgehead atoms. The Morgan fingerprint density at radius 1 is 1.44 bits per heavy atom. The lowest BCUT2D eigenvalue weighted by Crippen LogP contribution is -2.34. The molecule has 0 radical (unpaired) electrons. The summed E-state index contributed by atoms with van der Waals surface area (Å²) in [5.41, 5.74) is 5.56. The maximum Gasteiger partial charge on any atom is 0.244 e. The quantitative estimate of drug-likeness (QED) is 0.732. The monoisotopic (exact) mass is 292 g/mol. The Bertz CT molecular complexity index is 457. The van der Waals surface area contributed by atoms with Crippen LogP contribution in [-0.4, -0.2) is 39.0 Å². The molecular weight excluding hydrogens is 272 g/mol. The Hall–Kier alpha value is -0.470. The lowest BCUT2D eigenvalue weighted by molar-refractivity contribution is 0.135. The van der Waals surface area contributed by atoms with Crippen molar-refractivity contribution in [3.05, 3.63) is 16.3 Å². The molecule has 7 heteroatoms. The molecule has 0 saturated heterocycles. The molecular formula is C11H20N2O3S2. The topological polar surface area (TPSA) is 72.6 Å². The number of thiophene rings is 1. The van der Waals surface area contributed by atoms with E-state index in [2.05, 4.69) is 0 Å². The maximum absolute atomic E-state index is 12.4. The first-order chi connectivity index (χ1) is 8.57. The highest BCUT2D eigenvalue weighted by Crippen LogP contribution is 2.24. The minimum absolute atomic E-state index is 0.245. The van der Waals surface area contributed by atoms with Crippen molar-refractivity contribution in [1.82, 2.24) is 4.31 Å². The van der Waals surface area contributed by atoms with E-state index in [4.69, 9.17) is 10.5 Å². The number of nitrogens with zero attached hydrogens (tertiary/aromatic N) is 1. The van der Waals surface area contributed by atoms with Gasteiger partial charge in [-0.2, -0.15) is 4.31 Å². The van der Waals surface area contributed by atoms with Gasteiger partial charge in [-0.3, -0.25) is 0 Å². The van der Waals surface area contributed by atoms with Crippen LogP contribution in [-0.2, 0) is 21.3 Å². The molecule has 0 aliphatic carbocycles. The Kier molecular flexibility index (Phi) is 6.24. The number of likely N-dealkylation sites (N-methyl/N-ethyl adjacent to an activating group) is 1. The molecule has 1 heterocycles. The van der Waals surface area contributed by atoms with Gasteiger partial charge in [0.2, 0.25) is 10.0 Å². The number of sulfonamides is 1. The third-order valence-corrected chi connectivity index (χ3v) is 5.68. The fourth-order valence-corrected chi connectivity index (χ4v) is 4.34. The summed E-state index contributed by atoms with van der Waals surface area (Å²) in [5.74, 6) is 0. The Labute approximate surface area is 113 Å². The first-order valence-electron chi connectivity index (χ1n) is 5.92. The molecule has 1 aromatic heterocycles. The molecule has 2 N–H and O–H groups in total. The van der Waals surface area contributed by atoms with Crippen molar-refractivity contribution in [2.24, 2.45) is 5.73 Å². The molecule has 0 spiro atoms. The van der Waals surface area contributed by atoms with Crippen molar-refractivity contribution in [3.8, 4) is 0 Å². The molecule has 104 valence electrons. The van der Waals surface area contributed by atoms with Gasteiger partial charge in [0.05, 0.1) is 11.5 Å². The predicted octanol–water partition coefficient (Wildman–Crippen LogP) is 1.25. The standard InChI is InChI=1S/C11H20N2O3S2/c1-3-13(6-7-16-4-2)18(14,15)11-5-8-17-10(11)9-12/h5,8H,3-4,6-7,9,12H2,1-2H3. The maximum atomic E-state index is 12.4. The van der Waals surface area contributed by atoms with E-state index in [-0.39, 0.29) is 6.54 Å². The van der Waals surface area contributed by atoms with Crippen LogP contribution < -0.4 is 5.73 Å². The Morgan fingerprint density at radius 2 is 2.17 bits per heavy atom. The van der Waals surface area contributed by atoms with E-state index in [1.807, 2.05) is 13.8 Å². The second kappa shape index (κ2) is 7.20. The lowest BCUT2D eigenvalue weighted by Gasteiger charge is -2.20. The van der Waals surface area contributed by atoms with Crippen LogP contribution in [0.4, 0.5) is 0 Å². The third-order valence-electron chi connectivity index (χ3n) is 2.55. The van der Waals surface area contributed by atoms with Crippen LogP contribution in [0.5, 0.6) is 0 Å². The highest BCUT2D eigenvalue weighted by molar-refractivity contribution is 7.89. The van der Waals surface area contributed by atoms with E-state index >= 15 is 0 Å². The summed E-state index contributed by atoms with van der Waals surface area (Å²) in [6.45, 7) is 5.74. The smallest absolute Gasteiger partial charge is 0.244 e. The van der Waals surface area contributed by atoms with Crippen molar-refractivity contribution in [2.75, 3.05) is 26.3 Å². The van der Waals surface area contributed by atoms with Gasteiger partial charge in [-0.05, 0) is 18.4 Å². The van der Waals surface area contributed by atoms with Crippen molar-refractivity contribution in [1.29, 1.82) is 0 Å². The zero-order chi connectivity index (χ0) is 13.6. The molecule has 0 aliphatic heterocycles. The molecule has 1 aromatic rings. The van der Waals surface area contributed by atoms with Gasteiger partial charge in [0.15, 0.2) is 0 Å². The minimum atomic E-state index is -3.45. The van der Waals surface area contributed by atoms with Crippen molar-refractivity contribution in [2.45, 2.75) is 25.3 Å². The van der Waals surface area contributed by atoms with Gasteiger partial charge in [0.25, 0.3) is 0 Å². The third kappa shape index (κ3) is 3.52. The van der Waals surface area contributed by atoms with Crippen molar-refractivity contribution >= 4 is 21.4 Å². The molecule has 0 amide bonds. The van der Waals surface area contributed by atoms with Crippen molar-refractivity contribution < 1.29 is 13.2 Å². The van der Waals surface area contributed by atoms with Gasteiger partial charge < -0.3 is 10.5 Å². The van der Waals surface area contributed by atoms with Gasteiger partial charge in [-0.25, -0.2) is 8.42 Å². The van der Waals surface area contributed by atoms with Crippen LogP contribution in [0.3, 0.4) is 0 Å². The first kappa shape index (κ1) is 15.6. The molecule has 0 fully saturated rings.